The third kappa shape index (κ3) is 4.11. The standard InChI is InChI=1S/C19H14Cl3N5/c20-12-6-7-23-17(9-12)24-10-11-4-5-15-16(8-11)26-19(25-15)27-18-13(21)2-1-3-14(18)22/h1-9H,10H2,(H,23,24)(H2,25,26,27). The highest BCUT2D eigenvalue weighted by molar-refractivity contribution is 6.39. The molecule has 0 fully saturated rings. The minimum Gasteiger partial charge on any atom is -0.366 e. The summed E-state index contributed by atoms with van der Waals surface area (Å²) in [5, 5.41) is 8.09. The number of benzene rings is 2. The van der Waals surface area contributed by atoms with Gasteiger partial charge in [-0.2, -0.15) is 0 Å². The molecular weight excluding hydrogens is 405 g/mol. The second-order valence-corrected chi connectivity index (χ2v) is 7.12. The van der Waals surface area contributed by atoms with Crippen LogP contribution in [0, 0.1) is 0 Å². The van der Waals surface area contributed by atoms with E-state index in [4.69, 9.17) is 34.8 Å². The Balaban J connectivity index is 1.53. The van der Waals surface area contributed by atoms with Gasteiger partial charge in [-0.05, 0) is 42.0 Å². The van der Waals surface area contributed by atoms with E-state index in [1.807, 2.05) is 18.2 Å². The molecule has 4 rings (SSSR count). The molecule has 3 N–H and O–H groups in total. The van der Waals surface area contributed by atoms with Crippen LogP contribution in [0.1, 0.15) is 5.56 Å². The number of hydrogen-bond donors (Lipinski definition) is 3. The van der Waals surface area contributed by atoms with Gasteiger partial charge in [0.1, 0.15) is 5.82 Å². The summed E-state index contributed by atoms with van der Waals surface area (Å²) in [6.45, 7) is 0.613. The van der Waals surface area contributed by atoms with E-state index in [1.165, 1.54) is 0 Å². The second kappa shape index (κ2) is 7.64. The van der Waals surface area contributed by atoms with Gasteiger partial charge in [-0.25, -0.2) is 9.97 Å². The van der Waals surface area contributed by atoms with E-state index in [9.17, 15) is 0 Å². The fourth-order valence-corrected chi connectivity index (χ4v) is 3.31. The van der Waals surface area contributed by atoms with Crippen molar-refractivity contribution in [1.29, 1.82) is 0 Å². The molecule has 0 amide bonds. The highest BCUT2D eigenvalue weighted by Gasteiger charge is 2.09. The van der Waals surface area contributed by atoms with Crippen LogP contribution < -0.4 is 10.6 Å². The first-order chi connectivity index (χ1) is 13.1. The van der Waals surface area contributed by atoms with Crippen molar-refractivity contribution < 1.29 is 0 Å². The number of pyridine rings is 1. The first-order valence-corrected chi connectivity index (χ1v) is 9.27. The third-order valence-electron chi connectivity index (χ3n) is 3.95. The molecule has 2 aromatic heterocycles. The highest BCUT2D eigenvalue weighted by atomic mass is 35.5. The Morgan fingerprint density at radius 3 is 2.56 bits per heavy atom. The van der Waals surface area contributed by atoms with Gasteiger partial charge < -0.3 is 15.6 Å². The molecule has 2 heterocycles. The number of imidazole rings is 1. The Hall–Kier alpha value is -2.47. The smallest absolute Gasteiger partial charge is 0.205 e. The zero-order chi connectivity index (χ0) is 18.8. The molecule has 0 unspecified atom stereocenters. The molecule has 0 aliphatic rings. The first-order valence-electron chi connectivity index (χ1n) is 8.13. The fourth-order valence-electron chi connectivity index (χ4n) is 2.66. The number of halogens is 3. The van der Waals surface area contributed by atoms with Gasteiger partial charge in [-0.1, -0.05) is 46.9 Å². The Morgan fingerprint density at radius 1 is 0.963 bits per heavy atom. The maximum atomic E-state index is 6.20. The average Bonchev–Trinajstić information content (AvgIpc) is 3.05. The van der Waals surface area contributed by atoms with E-state index in [0.29, 0.717) is 33.2 Å². The van der Waals surface area contributed by atoms with Crippen LogP contribution in [0.15, 0.2) is 54.7 Å². The summed E-state index contributed by atoms with van der Waals surface area (Å²) in [5.41, 5.74) is 3.44. The molecule has 8 heteroatoms. The molecule has 4 aromatic rings. The third-order valence-corrected chi connectivity index (χ3v) is 4.81. The molecule has 136 valence electrons. The van der Waals surface area contributed by atoms with Gasteiger partial charge in [0.25, 0.3) is 0 Å². The number of para-hydroxylation sites is 1. The normalized spacial score (nSPS) is 10.9. The molecule has 27 heavy (non-hydrogen) atoms. The summed E-state index contributed by atoms with van der Waals surface area (Å²) < 4.78 is 0. The van der Waals surface area contributed by atoms with Crippen molar-refractivity contribution in [2.24, 2.45) is 0 Å². The number of fused-ring (bicyclic) bond motifs is 1. The van der Waals surface area contributed by atoms with Gasteiger partial charge in [0, 0.05) is 17.8 Å². The average molecular weight is 419 g/mol. The molecule has 0 radical (unpaired) electrons. The largest absolute Gasteiger partial charge is 0.366 e. The van der Waals surface area contributed by atoms with Crippen molar-refractivity contribution in [1.82, 2.24) is 15.0 Å². The van der Waals surface area contributed by atoms with Crippen LogP contribution in [0.2, 0.25) is 15.1 Å². The summed E-state index contributed by atoms with van der Waals surface area (Å²) in [4.78, 5) is 12.0. The number of hydrogen-bond acceptors (Lipinski definition) is 4. The maximum Gasteiger partial charge on any atom is 0.205 e. The summed E-state index contributed by atoms with van der Waals surface area (Å²) in [6.07, 6.45) is 1.67. The quantitative estimate of drug-likeness (QED) is 0.357. The molecule has 0 saturated carbocycles. The minimum absolute atomic E-state index is 0.530. The van der Waals surface area contributed by atoms with Gasteiger partial charge in [0.05, 0.1) is 26.8 Å². The molecule has 0 aliphatic carbocycles. The fraction of sp³-hybridized carbons (Fsp3) is 0.0526. The lowest BCUT2D eigenvalue weighted by Crippen LogP contribution is -2.00. The molecule has 5 nitrogen and oxygen atoms in total. The first kappa shape index (κ1) is 17.9. The van der Waals surface area contributed by atoms with E-state index < -0.39 is 0 Å². The molecule has 2 aromatic carbocycles. The highest BCUT2D eigenvalue weighted by Crippen LogP contribution is 2.32. The predicted octanol–water partition coefficient (Wildman–Crippen LogP) is 6.27. The summed E-state index contributed by atoms with van der Waals surface area (Å²) in [6, 6.07) is 14.8. The van der Waals surface area contributed by atoms with Crippen LogP contribution >= 0.6 is 34.8 Å². The van der Waals surface area contributed by atoms with Crippen LogP contribution in [0.5, 0.6) is 0 Å². The second-order valence-electron chi connectivity index (χ2n) is 5.87. The topological polar surface area (TPSA) is 65.6 Å². The van der Waals surface area contributed by atoms with Crippen molar-refractivity contribution in [3.05, 3.63) is 75.4 Å². The molecule has 0 spiro atoms. The van der Waals surface area contributed by atoms with Crippen LogP contribution in [0.3, 0.4) is 0 Å². The van der Waals surface area contributed by atoms with Crippen molar-refractivity contribution >= 4 is 63.3 Å². The predicted molar refractivity (Wildman–Crippen MR) is 112 cm³/mol. The van der Waals surface area contributed by atoms with E-state index in [0.717, 1.165) is 22.4 Å². The van der Waals surface area contributed by atoms with E-state index in [2.05, 4.69) is 25.6 Å². The number of nitrogens with zero attached hydrogens (tertiary/aromatic N) is 2. The van der Waals surface area contributed by atoms with Crippen molar-refractivity contribution in [2.75, 3.05) is 10.6 Å². The Labute approximate surface area is 170 Å². The van der Waals surface area contributed by atoms with Gasteiger partial charge in [0.15, 0.2) is 0 Å². The van der Waals surface area contributed by atoms with Gasteiger partial charge in [-0.15, -0.1) is 0 Å². The Morgan fingerprint density at radius 2 is 1.78 bits per heavy atom. The van der Waals surface area contributed by atoms with Gasteiger partial charge >= 0.3 is 0 Å². The summed E-state index contributed by atoms with van der Waals surface area (Å²) in [7, 11) is 0. The number of anilines is 3. The Bertz CT molecular complexity index is 1090. The van der Waals surface area contributed by atoms with Crippen molar-refractivity contribution in [3.63, 3.8) is 0 Å². The summed E-state index contributed by atoms with van der Waals surface area (Å²) >= 11 is 18.4. The van der Waals surface area contributed by atoms with E-state index in [1.54, 1.807) is 36.5 Å². The van der Waals surface area contributed by atoms with Crippen LogP contribution in [-0.2, 0) is 6.54 Å². The molecule has 0 saturated heterocycles. The minimum atomic E-state index is 0.530. The van der Waals surface area contributed by atoms with Crippen LogP contribution in [0.4, 0.5) is 17.5 Å². The SMILES string of the molecule is Clc1ccnc(NCc2ccc3nc(Nc4c(Cl)cccc4Cl)[nH]c3c2)c1. The lowest BCUT2D eigenvalue weighted by Gasteiger charge is -2.07. The lowest BCUT2D eigenvalue weighted by atomic mass is 10.2. The van der Waals surface area contributed by atoms with E-state index >= 15 is 0 Å². The molecule has 0 bridgehead atoms. The number of aromatic nitrogens is 3. The number of rotatable bonds is 5. The number of nitrogens with one attached hydrogen (secondary N) is 3. The van der Waals surface area contributed by atoms with Crippen molar-refractivity contribution in [2.45, 2.75) is 6.54 Å². The summed E-state index contributed by atoms with van der Waals surface area (Å²) in [5.74, 6) is 1.30. The Kier molecular flexibility index (Phi) is 5.07. The maximum absolute atomic E-state index is 6.20. The molecule has 0 aliphatic heterocycles. The lowest BCUT2D eigenvalue weighted by molar-refractivity contribution is 1.11. The number of H-pyrrole nitrogens is 1. The molecule has 0 atom stereocenters. The van der Waals surface area contributed by atoms with E-state index in [-0.39, 0.29) is 0 Å². The molecular formula is C19H14Cl3N5. The monoisotopic (exact) mass is 417 g/mol. The van der Waals surface area contributed by atoms with Crippen LogP contribution in [0.25, 0.3) is 11.0 Å². The van der Waals surface area contributed by atoms with Crippen molar-refractivity contribution in [3.8, 4) is 0 Å². The van der Waals surface area contributed by atoms with Gasteiger partial charge in [-0.3, -0.25) is 0 Å². The zero-order valence-electron chi connectivity index (χ0n) is 13.9. The van der Waals surface area contributed by atoms with Crippen LogP contribution in [-0.4, -0.2) is 15.0 Å². The van der Waals surface area contributed by atoms with Gasteiger partial charge in [0.2, 0.25) is 5.95 Å². The number of aromatic amines is 1. The zero-order valence-corrected chi connectivity index (χ0v) is 16.2.